The summed E-state index contributed by atoms with van der Waals surface area (Å²) in [4.78, 5) is 11.6. The number of nitrogens with one attached hydrogen (secondary N) is 1. The minimum absolute atomic E-state index is 0.0518. The fraction of sp³-hybridized carbons (Fsp3) is 0.700. The van der Waals surface area contributed by atoms with E-state index >= 15 is 0 Å². The van der Waals surface area contributed by atoms with Crippen molar-refractivity contribution in [3.8, 4) is 0 Å². The standard InChI is InChI=1S/C10H16ClN5O/c11-7-13-8(12)15-9(14-7)16-10(6-17)4-2-1-3-5-10/h17H,1-6H2,(H3,12,13,14,15,16). The summed E-state index contributed by atoms with van der Waals surface area (Å²) >= 11 is 5.71. The maximum absolute atomic E-state index is 9.54. The minimum atomic E-state index is -0.352. The Hall–Kier alpha value is -1.14. The summed E-state index contributed by atoms with van der Waals surface area (Å²) in [5.74, 6) is 0.412. The van der Waals surface area contributed by atoms with Crippen molar-refractivity contribution in [3.63, 3.8) is 0 Å². The van der Waals surface area contributed by atoms with Crippen LogP contribution >= 0.6 is 11.6 Å². The largest absolute Gasteiger partial charge is 0.394 e. The first-order valence-corrected chi connectivity index (χ1v) is 6.07. The van der Waals surface area contributed by atoms with Gasteiger partial charge in [-0.2, -0.15) is 15.0 Å². The Morgan fingerprint density at radius 2 is 1.94 bits per heavy atom. The summed E-state index contributed by atoms with van der Waals surface area (Å²) < 4.78 is 0. The fourth-order valence-electron chi connectivity index (χ4n) is 2.21. The van der Waals surface area contributed by atoms with Crippen molar-refractivity contribution in [1.82, 2.24) is 15.0 Å². The summed E-state index contributed by atoms with van der Waals surface area (Å²) in [5.41, 5.74) is 5.15. The van der Waals surface area contributed by atoms with E-state index in [4.69, 9.17) is 17.3 Å². The Balaban J connectivity index is 2.17. The van der Waals surface area contributed by atoms with Gasteiger partial charge in [0, 0.05) is 0 Å². The fourth-order valence-corrected chi connectivity index (χ4v) is 2.38. The van der Waals surface area contributed by atoms with Crippen LogP contribution in [0, 0.1) is 0 Å². The molecule has 4 N–H and O–H groups in total. The van der Waals surface area contributed by atoms with Crippen LogP contribution in [0.25, 0.3) is 0 Å². The molecule has 1 aromatic rings. The summed E-state index contributed by atoms with van der Waals surface area (Å²) in [6.07, 6.45) is 5.16. The molecule has 1 aromatic heterocycles. The quantitative estimate of drug-likeness (QED) is 0.753. The molecule has 94 valence electrons. The van der Waals surface area contributed by atoms with E-state index in [-0.39, 0.29) is 23.4 Å². The number of nitrogens with two attached hydrogens (primary N) is 1. The third-order valence-corrected chi connectivity index (χ3v) is 3.28. The Bertz CT molecular complexity index is 374. The van der Waals surface area contributed by atoms with Crippen molar-refractivity contribution < 1.29 is 5.11 Å². The summed E-state index contributed by atoms with van der Waals surface area (Å²) in [6, 6.07) is 0. The molecule has 17 heavy (non-hydrogen) atoms. The van der Waals surface area contributed by atoms with Gasteiger partial charge in [-0.05, 0) is 24.4 Å². The number of rotatable bonds is 3. The van der Waals surface area contributed by atoms with E-state index in [1.165, 1.54) is 6.42 Å². The van der Waals surface area contributed by atoms with Gasteiger partial charge in [-0.15, -0.1) is 0 Å². The van der Waals surface area contributed by atoms with Crippen molar-refractivity contribution in [3.05, 3.63) is 5.28 Å². The van der Waals surface area contributed by atoms with Crippen LogP contribution in [-0.2, 0) is 0 Å². The highest BCUT2D eigenvalue weighted by atomic mass is 35.5. The minimum Gasteiger partial charge on any atom is -0.394 e. The molecule has 6 nitrogen and oxygen atoms in total. The lowest BCUT2D eigenvalue weighted by Gasteiger charge is -2.36. The van der Waals surface area contributed by atoms with E-state index in [1.54, 1.807) is 0 Å². The van der Waals surface area contributed by atoms with Gasteiger partial charge in [-0.1, -0.05) is 19.3 Å². The number of nitrogen functional groups attached to an aromatic ring is 1. The van der Waals surface area contributed by atoms with Crippen molar-refractivity contribution in [2.24, 2.45) is 0 Å². The molecule has 0 unspecified atom stereocenters. The molecule has 0 saturated heterocycles. The second-order valence-electron chi connectivity index (χ2n) is 4.41. The second-order valence-corrected chi connectivity index (χ2v) is 4.75. The average molecular weight is 258 g/mol. The molecule has 7 heteroatoms. The molecule has 0 amide bonds. The lowest BCUT2D eigenvalue weighted by atomic mass is 9.82. The van der Waals surface area contributed by atoms with E-state index in [0.29, 0.717) is 5.95 Å². The third-order valence-electron chi connectivity index (χ3n) is 3.12. The van der Waals surface area contributed by atoms with Crippen LogP contribution in [0.3, 0.4) is 0 Å². The molecule has 0 aliphatic heterocycles. The van der Waals surface area contributed by atoms with Gasteiger partial charge in [-0.3, -0.25) is 0 Å². The Labute approximate surface area is 105 Å². The van der Waals surface area contributed by atoms with E-state index in [2.05, 4.69) is 20.3 Å². The van der Waals surface area contributed by atoms with Crippen LogP contribution in [0.15, 0.2) is 0 Å². The number of halogens is 1. The molecule has 0 radical (unpaired) electrons. The molecule has 1 saturated carbocycles. The van der Waals surface area contributed by atoms with Gasteiger partial charge < -0.3 is 16.2 Å². The molecular formula is C10H16ClN5O. The van der Waals surface area contributed by atoms with Gasteiger partial charge in [0.05, 0.1) is 12.1 Å². The summed E-state index contributed by atoms with van der Waals surface area (Å²) in [6.45, 7) is 0.0518. The highest BCUT2D eigenvalue weighted by Gasteiger charge is 2.32. The predicted molar refractivity (Wildman–Crippen MR) is 65.8 cm³/mol. The highest BCUT2D eigenvalue weighted by molar-refractivity contribution is 6.28. The molecule has 1 heterocycles. The first-order chi connectivity index (χ1) is 8.13. The SMILES string of the molecule is Nc1nc(Cl)nc(NC2(CO)CCCCC2)n1. The number of aliphatic hydroxyl groups excluding tert-OH is 1. The molecule has 0 spiro atoms. The predicted octanol–water partition coefficient (Wildman–Crippen LogP) is 1.21. The first kappa shape index (κ1) is 12.3. The third kappa shape index (κ3) is 2.95. The van der Waals surface area contributed by atoms with Crippen LogP contribution < -0.4 is 11.1 Å². The zero-order valence-electron chi connectivity index (χ0n) is 9.49. The zero-order chi connectivity index (χ0) is 12.3. The zero-order valence-corrected chi connectivity index (χ0v) is 10.2. The van der Waals surface area contributed by atoms with E-state index < -0.39 is 0 Å². The Morgan fingerprint density at radius 3 is 2.53 bits per heavy atom. The van der Waals surface area contributed by atoms with Gasteiger partial charge in [0.25, 0.3) is 0 Å². The van der Waals surface area contributed by atoms with Gasteiger partial charge >= 0.3 is 0 Å². The first-order valence-electron chi connectivity index (χ1n) is 5.70. The van der Waals surface area contributed by atoms with Crippen molar-refractivity contribution >= 4 is 23.5 Å². The van der Waals surface area contributed by atoms with Crippen molar-refractivity contribution in [2.45, 2.75) is 37.6 Å². The molecule has 0 atom stereocenters. The number of hydrogen-bond donors (Lipinski definition) is 3. The van der Waals surface area contributed by atoms with E-state index in [9.17, 15) is 5.11 Å². The van der Waals surface area contributed by atoms with Crippen LogP contribution in [0.5, 0.6) is 0 Å². The monoisotopic (exact) mass is 257 g/mol. The molecule has 2 rings (SSSR count). The molecule has 1 aliphatic carbocycles. The Kier molecular flexibility index (Phi) is 3.63. The number of hydrogen-bond acceptors (Lipinski definition) is 6. The van der Waals surface area contributed by atoms with Gasteiger partial charge in [-0.25, -0.2) is 0 Å². The summed E-state index contributed by atoms with van der Waals surface area (Å²) in [5, 5.41) is 12.8. The number of aromatic nitrogens is 3. The number of anilines is 2. The van der Waals surface area contributed by atoms with Gasteiger partial charge in [0.15, 0.2) is 0 Å². The molecule has 1 fully saturated rings. The van der Waals surface area contributed by atoms with Crippen molar-refractivity contribution in [2.75, 3.05) is 17.7 Å². The van der Waals surface area contributed by atoms with Gasteiger partial charge in [0.2, 0.25) is 17.2 Å². The maximum Gasteiger partial charge on any atom is 0.229 e. The van der Waals surface area contributed by atoms with Crippen LogP contribution in [0.2, 0.25) is 5.28 Å². The molecule has 1 aliphatic rings. The van der Waals surface area contributed by atoms with Crippen molar-refractivity contribution in [1.29, 1.82) is 0 Å². The van der Waals surface area contributed by atoms with Crippen LogP contribution in [0.1, 0.15) is 32.1 Å². The normalized spacial score (nSPS) is 18.9. The highest BCUT2D eigenvalue weighted by Crippen LogP contribution is 2.30. The lowest BCUT2D eigenvalue weighted by Crippen LogP contribution is -2.44. The molecule has 0 bridgehead atoms. The molecule has 0 aromatic carbocycles. The second kappa shape index (κ2) is 5.01. The summed E-state index contributed by atoms with van der Waals surface area (Å²) in [7, 11) is 0. The van der Waals surface area contributed by atoms with Crippen LogP contribution in [-0.4, -0.2) is 32.2 Å². The lowest BCUT2D eigenvalue weighted by molar-refractivity contribution is 0.172. The smallest absolute Gasteiger partial charge is 0.229 e. The molecular weight excluding hydrogens is 242 g/mol. The van der Waals surface area contributed by atoms with E-state index in [0.717, 1.165) is 25.7 Å². The topological polar surface area (TPSA) is 97.0 Å². The Morgan fingerprint density at radius 1 is 1.24 bits per heavy atom. The number of nitrogens with zero attached hydrogens (tertiary/aromatic N) is 3. The van der Waals surface area contributed by atoms with E-state index in [1.807, 2.05) is 0 Å². The maximum atomic E-state index is 9.54. The average Bonchev–Trinajstić information content (AvgIpc) is 2.29. The van der Waals surface area contributed by atoms with Crippen LogP contribution in [0.4, 0.5) is 11.9 Å². The number of aliphatic hydroxyl groups is 1. The van der Waals surface area contributed by atoms with Gasteiger partial charge in [0.1, 0.15) is 0 Å².